The zero-order chi connectivity index (χ0) is 17.7. The summed E-state index contributed by atoms with van der Waals surface area (Å²) in [5.41, 5.74) is 0.931. The Morgan fingerprint density at radius 1 is 0.692 bits per heavy atom. The Balaban J connectivity index is 1.98. The molecule has 0 unspecified atom stereocenters. The van der Waals surface area contributed by atoms with E-state index in [4.69, 9.17) is 9.27 Å². The van der Waals surface area contributed by atoms with E-state index in [1.54, 1.807) is 0 Å². The third-order valence-corrected chi connectivity index (χ3v) is 7.22. The molecule has 128 valence electrons. The van der Waals surface area contributed by atoms with Crippen molar-refractivity contribution in [2.75, 3.05) is 0 Å². The summed E-state index contributed by atoms with van der Waals surface area (Å²) in [5.74, 6) is 0.964. The topological polar surface area (TPSA) is 21.6 Å². The molecule has 3 aromatic rings. The van der Waals surface area contributed by atoms with E-state index in [1.807, 2.05) is 54.6 Å². The highest BCUT2D eigenvalue weighted by Gasteiger charge is 2.28. The predicted molar refractivity (Wildman–Crippen MR) is 111 cm³/mol. The Hall–Kier alpha value is -2.83. The van der Waals surface area contributed by atoms with Crippen molar-refractivity contribution in [2.24, 2.45) is 4.74 Å². The molecule has 0 atom stereocenters. The van der Waals surface area contributed by atoms with Crippen molar-refractivity contribution in [1.29, 1.82) is 0 Å². The van der Waals surface area contributed by atoms with Crippen molar-refractivity contribution in [3.63, 3.8) is 0 Å². The van der Waals surface area contributed by atoms with Crippen LogP contribution in [0.5, 0.6) is 0 Å². The molecule has 0 spiro atoms. The van der Waals surface area contributed by atoms with Crippen LogP contribution in [0.2, 0.25) is 0 Å². The number of allylic oxidation sites excluding steroid dienone is 3. The first-order chi connectivity index (χ1) is 12.9. The molecule has 3 aromatic carbocycles. The fourth-order valence-electron chi connectivity index (χ4n) is 2.97. The van der Waals surface area contributed by atoms with Gasteiger partial charge in [-0.25, -0.2) is 4.74 Å². The van der Waals surface area contributed by atoms with Gasteiger partial charge in [-0.3, -0.25) is 0 Å². The first kappa shape index (κ1) is 16.6. The number of benzene rings is 3. The van der Waals surface area contributed by atoms with E-state index in [1.165, 1.54) is 0 Å². The molecule has 0 N–H and O–H groups in total. The molecule has 1 aliphatic rings. The number of nitrogens with zero attached hydrogens (tertiary/aromatic N) is 1. The molecule has 2 nitrogen and oxygen atoms in total. The lowest BCUT2D eigenvalue weighted by atomic mass is 10.3. The summed E-state index contributed by atoms with van der Waals surface area (Å²) in [5, 5.41) is 2.23. The average Bonchev–Trinajstić information content (AvgIpc) is 3.22. The number of hydrogen-bond acceptors (Lipinski definition) is 2. The van der Waals surface area contributed by atoms with Gasteiger partial charge in [-0.1, -0.05) is 66.7 Å². The average molecular weight is 357 g/mol. The fourth-order valence-corrected chi connectivity index (χ4v) is 5.84. The summed E-state index contributed by atoms with van der Waals surface area (Å²) in [7, 11) is -2.46. The van der Waals surface area contributed by atoms with Crippen molar-refractivity contribution in [3.05, 3.63) is 115 Å². The van der Waals surface area contributed by atoms with E-state index in [0.29, 0.717) is 0 Å². The maximum atomic E-state index is 6.72. The molecule has 0 aromatic heterocycles. The van der Waals surface area contributed by atoms with Crippen LogP contribution >= 0.6 is 7.28 Å². The van der Waals surface area contributed by atoms with Crippen LogP contribution in [0.1, 0.15) is 6.42 Å². The fraction of sp³-hybridized carbons (Fsp3) is 0.0435. The summed E-state index contributed by atoms with van der Waals surface area (Å²) in [6.07, 6.45) is 7.01. The number of hydrogen-bond donors (Lipinski definition) is 0. The standard InChI is InChI=1S/C23H20NOP/c1-4-12-20(13-5-1)24-26(22-16-6-2-7-17-22,23-18-8-3-9-19-23)25-21-14-10-11-15-21/h1-14,16-19H,15H2. The van der Waals surface area contributed by atoms with Gasteiger partial charge in [0.05, 0.1) is 5.69 Å². The molecule has 0 saturated carbocycles. The minimum atomic E-state index is -2.46. The minimum Gasteiger partial charge on any atom is -0.456 e. The quantitative estimate of drug-likeness (QED) is 0.517. The Bertz CT molecular complexity index is 933. The molecule has 0 heterocycles. The summed E-state index contributed by atoms with van der Waals surface area (Å²) in [6, 6.07) is 30.9. The minimum absolute atomic E-state index is 0.811. The van der Waals surface area contributed by atoms with Gasteiger partial charge in [0.25, 0.3) is 0 Å². The van der Waals surface area contributed by atoms with Crippen LogP contribution in [0.3, 0.4) is 0 Å². The zero-order valence-electron chi connectivity index (χ0n) is 14.4. The lowest BCUT2D eigenvalue weighted by Crippen LogP contribution is -2.18. The molecule has 4 rings (SSSR count). The van der Waals surface area contributed by atoms with Crippen molar-refractivity contribution < 1.29 is 4.52 Å². The van der Waals surface area contributed by atoms with Crippen LogP contribution < -0.4 is 10.6 Å². The van der Waals surface area contributed by atoms with Crippen molar-refractivity contribution in [2.45, 2.75) is 6.42 Å². The van der Waals surface area contributed by atoms with Gasteiger partial charge in [-0.05, 0) is 42.5 Å². The SMILES string of the molecule is C1=CCC(OP(=Nc2ccccc2)(c2ccccc2)c2ccccc2)=C1. The maximum Gasteiger partial charge on any atom is 0.196 e. The summed E-state index contributed by atoms with van der Waals surface area (Å²) < 4.78 is 11.9. The third-order valence-electron chi connectivity index (χ3n) is 4.21. The highest BCUT2D eigenvalue weighted by atomic mass is 31.2. The van der Waals surface area contributed by atoms with E-state index >= 15 is 0 Å². The third kappa shape index (κ3) is 3.42. The summed E-state index contributed by atoms with van der Waals surface area (Å²) in [4.78, 5) is 0. The zero-order valence-corrected chi connectivity index (χ0v) is 15.3. The van der Waals surface area contributed by atoms with E-state index in [0.717, 1.165) is 28.5 Å². The molecule has 0 bridgehead atoms. The first-order valence-electron chi connectivity index (χ1n) is 8.71. The van der Waals surface area contributed by atoms with Crippen molar-refractivity contribution >= 4 is 23.6 Å². The molecule has 0 saturated heterocycles. The van der Waals surface area contributed by atoms with Gasteiger partial charge in [0.15, 0.2) is 7.28 Å². The van der Waals surface area contributed by atoms with Gasteiger partial charge in [0, 0.05) is 17.0 Å². The second-order valence-electron chi connectivity index (χ2n) is 6.04. The van der Waals surface area contributed by atoms with E-state index < -0.39 is 7.28 Å². The summed E-state index contributed by atoms with van der Waals surface area (Å²) in [6.45, 7) is 0. The van der Waals surface area contributed by atoms with Gasteiger partial charge in [-0.2, -0.15) is 0 Å². The molecule has 3 heteroatoms. The van der Waals surface area contributed by atoms with Crippen LogP contribution in [0.4, 0.5) is 5.69 Å². The number of rotatable bonds is 5. The smallest absolute Gasteiger partial charge is 0.196 e. The Labute approximate surface area is 154 Å². The molecule has 1 aliphatic carbocycles. The second-order valence-corrected chi connectivity index (χ2v) is 8.61. The Kier molecular flexibility index (Phi) is 4.86. The van der Waals surface area contributed by atoms with Crippen LogP contribution in [0.25, 0.3) is 0 Å². The van der Waals surface area contributed by atoms with Gasteiger partial charge >= 0.3 is 0 Å². The molecule has 0 fully saturated rings. The lowest BCUT2D eigenvalue weighted by molar-refractivity contribution is 0.468. The largest absolute Gasteiger partial charge is 0.456 e. The maximum absolute atomic E-state index is 6.72. The van der Waals surface area contributed by atoms with Gasteiger partial charge in [0.1, 0.15) is 5.76 Å². The van der Waals surface area contributed by atoms with E-state index in [-0.39, 0.29) is 0 Å². The monoisotopic (exact) mass is 357 g/mol. The second kappa shape index (κ2) is 7.59. The van der Waals surface area contributed by atoms with Gasteiger partial charge in [-0.15, -0.1) is 0 Å². The van der Waals surface area contributed by atoms with Crippen LogP contribution in [-0.2, 0) is 4.52 Å². The Morgan fingerprint density at radius 3 is 1.73 bits per heavy atom. The normalized spacial score (nSPS) is 13.3. The molecule has 0 amide bonds. The van der Waals surface area contributed by atoms with Gasteiger partial charge in [0.2, 0.25) is 0 Å². The highest BCUT2D eigenvalue weighted by Crippen LogP contribution is 2.53. The van der Waals surface area contributed by atoms with Crippen molar-refractivity contribution in [1.82, 2.24) is 0 Å². The molecule has 0 radical (unpaired) electrons. The lowest BCUT2D eigenvalue weighted by Gasteiger charge is -2.27. The van der Waals surface area contributed by atoms with Gasteiger partial charge < -0.3 is 4.52 Å². The van der Waals surface area contributed by atoms with Crippen molar-refractivity contribution in [3.8, 4) is 0 Å². The van der Waals surface area contributed by atoms with E-state index in [2.05, 4.69) is 54.6 Å². The molecular weight excluding hydrogens is 337 g/mol. The highest BCUT2D eigenvalue weighted by molar-refractivity contribution is 7.76. The first-order valence-corrected chi connectivity index (χ1v) is 10.4. The van der Waals surface area contributed by atoms with E-state index in [9.17, 15) is 0 Å². The van der Waals surface area contributed by atoms with Crippen LogP contribution in [0, 0.1) is 0 Å². The van der Waals surface area contributed by atoms with Crippen LogP contribution in [-0.4, -0.2) is 0 Å². The Morgan fingerprint density at radius 2 is 1.23 bits per heavy atom. The molecular formula is C23H20NOP. The molecule has 0 aliphatic heterocycles. The predicted octanol–water partition coefficient (Wildman–Crippen LogP) is 5.95. The summed E-state index contributed by atoms with van der Waals surface area (Å²) >= 11 is 0. The molecule has 26 heavy (non-hydrogen) atoms. The van der Waals surface area contributed by atoms with Crippen LogP contribution in [0.15, 0.2) is 120 Å².